The van der Waals surface area contributed by atoms with E-state index in [1.54, 1.807) is 0 Å². The van der Waals surface area contributed by atoms with Crippen LogP contribution >= 0.6 is 15.9 Å². The molecule has 1 fully saturated rings. The van der Waals surface area contributed by atoms with Gasteiger partial charge < -0.3 is 10.6 Å². The first kappa shape index (κ1) is 14.9. The lowest BCUT2D eigenvalue weighted by atomic mass is 10.0. The minimum Gasteiger partial charge on any atom is -0.373 e. The van der Waals surface area contributed by atoms with Gasteiger partial charge in [-0.1, -0.05) is 19.9 Å². The smallest absolute Gasteiger partial charge is 0.0508 e. The number of anilines is 1. The van der Waals surface area contributed by atoms with Crippen molar-refractivity contribution in [2.45, 2.75) is 39.2 Å². The Morgan fingerprint density at radius 3 is 2.68 bits per heavy atom. The van der Waals surface area contributed by atoms with Crippen molar-refractivity contribution in [1.29, 1.82) is 0 Å². The Labute approximate surface area is 125 Å². The van der Waals surface area contributed by atoms with Gasteiger partial charge in [-0.15, -0.1) is 0 Å². The molecule has 1 aromatic rings. The molecule has 0 aliphatic heterocycles. The number of nitrogens with zero attached hydrogens (tertiary/aromatic N) is 1. The van der Waals surface area contributed by atoms with Crippen LogP contribution in [-0.2, 0) is 6.42 Å². The van der Waals surface area contributed by atoms with Crippen molar-refractivity contribution < 1.29 is 0 Å². The Bertz CT molecular complexity index is 433. The normalized spacial score (nSPS) is 23.2. The van der Waals surface area contributed by atoms with Gasteiger partial charge in [-0.3, -0.25) is 0 Å². The molecule has 1 aliphatic rings. The van der Waals surface area contributed by atoms with E-state index in [0.29, 0.717) is 0 Å². The van der Waals surface area contributed by atoms with Gasteiger partial charge in [-0.2, -0.15) is 0 Å². The molecule has 106 valence electrons. The summed E-state index contributed by atoms with van der Waals surface area (Å²) in [5, 5.41) is 0. The quantitative estimate of drug-likeness (QED) is 0.861. The van der Waals surface area contributed by atoms with Gasteiger partial charge in [0.05, 0.1) is 5.69 Å². The molecule has 1 saturated carbocycles. The first-order valence-electron chi connectivity index (χ1n) is 7.26. The van der Waals surface area contributed by atoms with Gasteiger partial charge >= 0.3 is 0 Å². The van der Waals surface area contributed by atoms with Crippen molar-refractivity contribution in [3.05, 3.63) is 28.2 Å². The maximum Gasteiger partial charge on any atom is 0.0508 e. The second-order valence-electron chi connectivity index (χ2n) is 6.01. The largest absolute Gasteiger partial charge is 0.373 e. The number of benzene rings is 1. The van der Waals surface area contributed by atoms with Crippen molar-refractivity contribution in [1.82, 2.24) is 0 Å². The predicted octanol–water partition coefficient (Wildman–Crippen LogP) is 3.82. The zero-order chi connectivity index (χ0) is 14.0. The van der Waals surface area contributed by atoms with E-state index in [2.05, 4.69) is 59.9 Å². The molecule has 3 atom stereocenters. The molecule has 19 heavy (non-hydrogen) atoms. The molecule has 3 heteroatoms. The van der Waals surface area contributed by atoms with E-state index in [1.165, 1.54) is 22.1 Å². The Morgan fingerprint density at radius 2 is 2.16 bits per heavy atom. The summed E-state index contributed by atoms with van der Waals surface area (Å²) in [4.78, 5) is 2.36. The average Bonchev–Trinajstić information content (AvgIpc) is 3.04. The molecule has 1 aromatic carbocycles. The van der Waals surface area contributed by atoms with E-state index >= 15 is 0 Å². The fraction of sp³-hybridized carbons (Fsp3) is 0.625. The summed E-state index contributed by atoms with van der Waals surface area (Å²) in [6.45, 7) is 5.63. The first-order chi connectivity index (χ1) is 9.01. The van der Waals surface area contributed by atoms with Crippen molar-refractivity contribution in [2.75, 3.05) is 18.5 Å². The SMILES string of the molecule is CCC(N)Cc1ccc(N(C)CC2CC2C)c(Br)c1. The Balaban J connectivity index is 2.01. The van der Waals surface area contributed by atoms with Crippen LogP contribution in [0.4, 0.5) is 5.69 Å². The zero-order valence-corrected chi connectivity index (χ0v) is 13.8. The van der Waals surface area contributed by atoms with Crippen molar-refractivity contribution in [2.24, 2.45) is 17.6 Å². The molecule has 1 aliphatic carbocycles. The molecule has 0 heterocycles. The number of hydrogen-bond donors (Lipinski definition) is 1. The van der Waals surface area contributed by atoms with Crippen LogP contribution in [0.15, 0.2) is 22.7 Å². The molecule has 2 nitrogen and oxygen atoms in total. The lowest BCUT2D eigenvalue weighted by Gasteiger charge is -2.21. The Hall–Kier alpha value is -0.540. The highest BCUT2D eigenvalue weighted by atomic mass is 79.9. The van der Waals surface area contributed by atoms with Crippen LogP contribution in [0.25, 0.3) is 0 Å². The van der Waals surface area contributed by atoms with Gasteiger partial charge in [-0.05, 0) is 64.7 Å². The highest BCUT2D eigenvalue weighted by Gasteiger charge is 2.33. The van der Waals surface area contributed by atoms with Crippen LogP contribution in [0.2, 0.25) is 0 Å². The number of halogens is 1. The van der Waals surface area contributed by atoms with Crippen LogP contribution in [0.5, 0.6) is 0 Å². The summed E-state index contributed by atoms with van der Waals surface area (Å²) in [5.41, 5.74) is 8.62. The second-order valence-corrected chi connectivity index (χ2v) is 6.87. The van der Waals surface area contributed by atoms with Crippen LogP contribution in [0.1, 0.15) is 32.3 Å². The predicted molar refractivity (Wildman–Crippen MR) is 86.7 cm³/mol. The Kier molecular flexibility index (Phi) is 4.91. The Morgan fingerprint density at radius 1 is 1.47 bits per heavy atom. The molecule has 0 amide bonds. The monoisotopic (exact) mass is 324 g/mol. The zero-order valence-electron chi connectivity index (χ0n) is 12.2. The van der Waals surface area contributed by atoms with Gasteiger partial charge in [0.15, 0.2) is 0 Å². The summed E-state index contributed by atoms with van der Waals surface area (Å²) in [5.74, 6) is 1.79. The van der Waals surface area contributed by atoms with Gasteiger partial charge in [0.25, 0.3) is 0 Å². The molecule has 0 spiro atoms. The van der Waals surface area contributed by atoms with Crippen LogP contribution in [-0.4, -0.2) is 19.6 Å². The van der Waals surface area contributed by atoms with Crippen molar-refractivity contribution in [3.8, 4) is 0 Å². The summed E-state index contributed by atoms with van der Waals surface area (Å²) in [6, 6.07) is 6.91. The number of nitrogens with two attached hydrogens (primary N) is 1. The third kappa shape index (κ3) is 3.96. The average molecular weight is 325 g/mol. The molecule has 3 unspecified atom stereocenters. The molecule has 0 aromatic heterocycles. The van der Waals surface area contributed by atoms with E-state index in [9.17, 15) is 0 Å². The summed E-state index contributed by atoms with van der Waals surface area (Å²) >= 11 is 3.70. The van der Waals surface area contributed by atoms with Crippen molar-refractivity contribution in [3.63, 3.8) is 0 Å². The summed E-state index contributed by atoms with van der Waals surface area (Å²) in [6.07, 6.45) is 3.36. The van der Waals surface area contributed by atoms with Gasteiger partial charge in [0.2, 0.25) is 0 Å². The first-order valence-corrected chi connectivity index (χ1v) is 8.05. The maximum absolute atomic E-state index is 6.02. The lowest BCUT2D eigenvalue weighted by Crippen LogP contribution is -2.22. The van der Waals surface area contributed by atoms with Crippen LogP contribution in [0.3, 0.4) is 0 Å². The highest BCUT2D eigenvalue weighted by molar-refractivity contribution is 9.10. The van der Waals surface area contributed by atoms with Crippen molar-refractivity contribution >= 4 is 21.6 Å². The summed E-state index contributed by atoms with van der Waals surface area (Å²) < 4.78 is 1.18. The molecule has 2 rings (SSSR count). The van der Waals surface area contributed by atoms with E-state index < -0.39 is 0 Å². The van der Waals surface area contributed by atoms with E-state index in [1.807, 2.05) is 0 Å². The third-order valence-electron chi connectivity index (χ3n) is 4.23. The topological polar surface area (TPSA) is 29.3 Å². The molecular formula is C16H25BrN2. The minimum atomic E-state index is 0.266. The number of rotatable bonds is 6. The highest BCUT2D eigenvalue weighted by Crippen LogP contribution is 2.39. The standard InChI is InChI=1S/C16H25BrN2/c1-4-14(18)8-12-5-6-16(15(17)9-12)19(3)10-13-7-11(13)2/h5-6,9,11,13-14H,4,7-8,10,18H2,1-3H3. The summed E-state index contributed by atoms with van der Waals surface area (Å²) in [7, 11) is 2.18. The minimum absolute atomic E-state index is 0.266. The molecule has 0 radical (unpaired) electrons. The van der Waals surface area contributed by atoms with Gasteiger partial charge in [0.1, 0.15) is 0 Å². The second kappa shape index (κ2) is 6.27. The lowest BCUT2D eigenvalue weighted by molar-refractivity contribution is 0.646. The molecule has 2 N–H and O–H groups in total. The molecule has 0 bridgehead atoms. The fourth-order valence-corrected chi connectivity index (χ4v) is 3.27. The molecule has 0 saturated heterocycles. The van der Waals surface area contributed by atoms with Crippen LogP contribution in [0, 0.1) is 11.8 Å². The van der Waals surface area contributed by atoms with Crippen LogP contribution < -0.4 is 10.6 Å². The maximum atomic E-state index is 6.02. The molecular weight excluding hydrogens is 300 g/mol. The number of hydrogen-bond acceptors (Lipinski definition) is 2. The van der Waals surface area contributed by atoms with Gasteiger partial charge in [-0.25, -0.2) is 0 Å². The fourth-order valence-electron chi connectivity index (χ4n) is 2.54. The van der Waals surface area contributed by atoms with Gasteiger partial charge in [0, 0.05) is 24.1 Å². The third-order valence-corrected chi connectivity index (χ3v) is 4.87. The van der Waals surface area contributed by atoms with E-state index in [0.717, 1.165) is 31.2 Å². The van der Waals surface area contributed by atoms with E-state index in [-0.39, 0.29) is 6.04 Å². The van der Waals surface area contributed by atoms with E-state index in [4.69, 9.17) is 5.73 Å².